The normalized spacial score (nSPS) is 15.7. The van der Waals surface area contributed by atoms with Crippen LogP contribution in [0.4, 0.5) is 14.6 Å². The zero-order valence-corrected chi connectivity index (χ0v) is 24.3. The van der Waals surface area contributed by atoms with Crippen molar-refractivity contribution in [3.8, 4) is 0 Å². The summed E-state index contributed by atoms with van der Waals surface area (Å²) in [5, 5.41) is 8.40. The molecular formula is C27H22BClF2N8O3S. The third-order valence-corrected chi connectivity index (χ3v) is 7.91. The minimum Gasteiger partial charge on any atom is -0.348 e. The molecule has 0 spiro atoms. The quantitative estimate of drug-likeness (QED) is 0.197. The maximum absolute atomic E-state index is 14.8. The number of nitrogens with zero attached hydrogens (tertiary/aromatic N) is 5. The number of carbonyl (C=O) groups excluding carboxylic acids is 3. The Balaban J connectivity index is 0.000000279. The predicted octanol–water partition coefficient (Wildman–Crippen LogP) is 3.15. The first-order valence-corrected chi connectivity index (χ1v) is 13.8. The molecule has 4 heterocycles. The van der Waals surface area contributed by atoms with Gasteiger partial charge < -0.3 is 25.1 Å². The molecule has 6 rings (SSSR count). The van der Waals surface area contributed by atoms with E-state index in [1.165, 1.54) is 40.4 Å². The zero-order valence-electron chi connectivity index (χ0n) is 22.7. The fraction of sp³-hybridized carbons (Fsp3) is 0.185. The van der Waals surface area contributed by atoms with E-state index in [0.29, 0.717) is 12.2 Å². The lowest BCUT2D eigenvalue weighted by Crippen LogP contribution is -2.55. The second-order valence-corrected chi connectivity index (χ2v) is 10.7. The molecule has 0 aliphatic carbocycles. The van der Waals surface area contributed by atoms with Crippen LogP contribution >= 0.6 is 23.1 Å². The SMILES string of the molecule is Cc1nsc2ccc(F)cc12.[B]C1(c2c(F)cccc2Cl)NC(=O)Cn2c(C(=O)NCc3nccn3C)nc(NC=O)c21. The van der Waals surface area contributed by atoms with Crippen LogP contribution in [-0.4, -0.2) is 49.5 Å². The molecule has 1 atom stereocenters. The molecule has 1 aliphatic heterocycles. The molecule has 3 aromatic heterocycles. The van der Waals surface area contributed by atoms with Crippen molar-refractivity contribution < 1.29 is 23.2 Å². The summed E-state index contributed by atoms with van der Waals surface area (Å²) in [6.45, 7) is 1.64. The molecule has 2 radical (unpaired) electrons. The molecule has 0 fully saturated rings. The molecule has 0 saturated heterocycles. The van der Waals surface area contributed by atoms with Gasteiger partial charge in [-0.15, -0.1) is 0 Å². The standard InChI is InChI=1S/C19H16BClFN7O3.C8H6FNS/c1-28-6-5-23-12(28)7-24-18(32)17-26-16(25-9-30)15-19(20,27-13(31)8-29(15)17)14-10(21)3-2-4-11(14)22;1-5-7-4-6(9)2-3-8(7)11-10-5/h2-6,9H,7-8H2,1H3,(H,24,32)(H,25,30)(H,27,31);2-4H,1H3. The van der Waals surface area contributed by atoms with Gasteiger partial charge in [0, 0.05) is 35.4 Å². The van der Waals surface area contributed by atoms with E-state index >= 15 is 0 Å². The maximum Gasteiger partial charge on any atom is 0.287 e. The highest BCUT2D eigenvalue weighted by molar-refractivity contribution is 7.13. The van der Waals surface area contributed by atoms with Crippen LogP contribution in [0, 0.1) is 18.6 Å². The fourth-order valence-electron chi connectivity index (χ4n) is 4.69. The molecule has 16 heteroatoms. The first-order valence-electron chi connectivity index (χ1n) is 12.6. The van der Waals surface area contributed by atoms with Gasteiger partial charge in [0.05, 0.1) is 28.1 Å². The highest BCUT2D eigenvalue weighted by Crippen LogP contribution is 2.39. The number of halogens is 3. The molecule has 1 unspecified atom stereocenters. The van der Waals surface area contributed by atoms with E-state index in [2.05, 4.69) is 30.3 Å². The second kappa shape index (κ2) is 11.9. The van der Waals surface area contributed by atoms with Gasteiger partial charge in [0.1, 0.15) is 31.8 Å². The first kappa shape index (κ1) is 29.9. The first-order chi connectivity index (χ1) is 20.5. The van der Waals surface area contributed by atoms with Crippen LogP contribution in [0.3, 0.4) is 0 Å². The van der Waals surface area contributed by atoms with Gasteiger partial charge in [0.25, 0.3) is 5.91 Å². The lowest BCUT2D eigenvalue weighted by atomic mass is 9.68. The Bertz CT molecular complexity index is 1860. The Morgan fingerprint density at radius 3 is 2.79 bits per heavy atom. The number of fused-ring (bicyclic) bond motifs is 2. The van der Waals surface area contributed by atoms with Crippen molar-refractivity contribution in [1.29, 1.82) is 0 Å². The van der Waals surface area contributed by atoms with Crippen molar-refractivity contribution in [1.82, 2.24) is 34.1 Å². The van der Waals surface area contributed by atoms with E-state index in [-0.39, 0.29) is 46.8 Å². The largest absolute Gasteiger partial charge is 0.348 e. The topological polar surface area (TPSA) is 136 Å². The summed E-state index contributed by atoms with van der Waals surface area (Å²) in [5.74, 6) is -1.97. The summed E-state index contributed by atoms with van der Waals surface area (Å²) in [6.07, 6.45) is 3.63. The number of rotatable bonds is 6. The summed E-state index contributed by atoms with van der Waals surface area (Å²) < 4.78 is 35.5. The molecule has 5 aromatic rings. The number of carbonyl (C=O) groups is 3. The summed E-state index contributed by atoms with van der Waals surface area (Å²) >= 11 is 7.61. The Morgan fingerprint density at radius 1 is 1.30 bits per heavy atom. The molecule has 0 saturated carbocycles. The number of aromatic nitrogens is 5. The van der Waals surface area contributed by atoms with Crippen LogP contribution in [0.15, 0.2) is 48.8 Å². The van der Waals surface area contributed by atoms with E-state index in [4.69, 9.17) is 19.4 Å². The van der Waals surface area contributed by atoms with Crippen LogP contribution < -0.4 is 16.0 Å². The number of amides is 3. The molecule has 218 valence electrons. The number of hydrogen-bond acceptors (Lipinski definition) is 7. The Hall–Kier alpha value is -4.63. The van der Waals surface area contributed by atoms with E-state index < -0.39 is 23.1 Å². The number of nitrogens with one attached hydrogen (secondary N) is 3. The number of anilines is 1. The predicted molar refractivity (Wildman–Crippen MR) is 157 cm³/mol. The van der Waals surface area contributed by atoms with Crippen molar-refractivity contribution in [2.45, 2.75) is 25.5 Å². The minimum atomic E-state index is -2.01. The van der Waals surface area contributed by atoms with Gasteiger partial charge in [-0.2, -0.15) is 4.37 Å². The van der Waals surface area contributed by atoms with E-state index in [1.807, 2.05) is 6.92 Å². The number of imidazole rings is 2. The van der Waals surface area contributed by atoms with Crippen LogP contribution in [0.2, 0.25) is 5.02 Å². The molecule has 11 nitrogen and oxygen atoms in total. The van der Waals surface area contributed by atoms with Crippen molar-refractivity contribution >= 4 is 65.1 Å². The Kier molecular flexibility index (Phi) is 8.28. The lowest BCUT2D eigenvalue weighted by Gasteiger charge is -2.38. The van der Waals surface area contributed by atoms with Crippen LogP contribution in [0.5, 0.6) is 0 Å². The number of hydrogen-bond donors (Lipinski definition) is 3. The monoisotopic (exact) mass is 622 g/mol. The van der Waals surface area contributed by atoms with Crippen LogP contribution in [0.1, 0.15) is 33.4 Å². The summed E-state index contributed by atoms with van der Waals surface area (Å²) in [7, 11) is 8.25. The van der Waals surface area contributed by atoms with Crippen LogP contribution in [-0.2, 0) is 35.2 Å². The lowest BCUT2D eigenvalue weighted by molar-refractivity contribution is -0.123. The average molecular weight is 623 g/mol. The third kappa shape index (κ3) is 5.73. The van der Waals surface area contributed by atoms with Crippen molar-refractivity contribution in [3.05, 3.63) is 94.0 Å². The van der Waals surface area contributed by atoms with Gasteiger partial charge in [0.15, 0.2) is 5.82 Å². The molecule has 2 aromatic carbocycles. The van der Waals surface area contributed by atoms with Gasteiger partial charge in [-0.1, -0.05) is 17.7 Å². The molecule has 1 aliphatic rings. The van der Waals surface area contributed by atoms with Crippen LogP contribution in [0.25, 0.3) is 10.1 Å². The average Bonchev–Trinajstić information content (AvgIpc) is 3.65. The van der Waals surface area contributed by atoms with Gasteiger partial charge >= 0.3 is 0 Å². The molecular weight excluding hydrogens is 601 g/mol. The van der Waals surface area contributed by atoms with Crippen molar-refractivity contribution in [2.24, 2.45) is 7.05 Å². The molecule has 3 amide bonds. The fourth-order valence-corrected chi connectivity index (χ4v) is 5.77. The number of aryl methyl sites for hydroxylation is 2. The minimum absolute atomic E-state index is 0.00154. The summed E-state index contributed by atoms with van der Waals surface area (Å²) in [4.78, 5) is 44.9. The van der Waals surface area contributed by atoms with E-state index in [9.17, 15) is 23.2 Å². The Morgan fingerprint density at radius 2 is 2.09 bits per heavy atom. The molecule has 3 N–H and O–H groups in total. The third-order valence-electron chi connectivity index (χ3n) is 6.68. The molecule has 43 heavy (non-hydrogen) atoms. The van der Waals surface area contributed by atoms with E-state index in [0.717, 1.165) is 21.8 Å². The van der Waals surface area contributed by atoms with Crippen molar-refractivity contribution in [2.75, 3.05) is 5.32 Å². The maximum atomic E-state index is 14.8. The zero-order chi connectivity index (χ0) is 30.9. The molecule has 0 bridgehead atoms. The second-order valence-electron chi connectivity index (χ2n) is 9.48. The smallest absolute Gasteiger partial charge is 0.287 e. The van der Waals surface area contributed by atoms with Gasteiger partial charge in [-0.3, -0.25) is 14.4 Å². The Labute approximate surface area is 253 Å². The van der Waals surface area contributed by atoms with Gasteiger partial charge in [-0.25, -0.2) is 18.7 Å². The summed E-state index contributed by atoms with van der Waals surface area (Å²) in [6, 6.07) is 8.66. The van der Waals surface area contributed by atoms with Gasteiger partial charge in [-0.05, 0) is 48.8 Å². The summed E-state index contributed by atoms with van der Waals surface area (Å²) in [5.41, 5.74) is -1.33. The highest BCUT2D eigenvalue weighted by atomic mass is 35.5. The van der Waals surface area contributed by atoms with Gasteiger partial charge in [0.2, 0.25) is 18.1 Å². The van der Waals surface area contributed by atoms with E-state index in [1.54, 1.807) is 30.1 Å². The van der Waals surface area contributed by atoms with Crippen molar-refractivity contribution in [3.63, 3.8) is 0 Å². The number of benzene rings is 2. The highest BCUT2D eigenvalue weighted by Gasteiger charge is 2.44.